The average Bonchev–Trinajstić information content (AvgIpc) is 2.61. The van der Waals surface area contributed by atoms with E-state index in [2.05, 4.69) is 0 Å². The van der Waals surface area contributed by atoms with Gasteiger partial charge in [-0.3, -0.25) is 9.10 Å². The molecule has 1 amide bonds. The van der Waals surface area contributed by atoms with Crippen molar-refractivity contribution < 1.29 is 13.2 Å². The van der Waals surface area contributed by atoms with Crippen molar-refractivity contribution >= 4 is 44.8 Å². The monoisotopic (exact) mass is 428 g/mol. The van der Waals surface area contributed by atoms with Gasteiger partial charge in [-0.25, -0.2) is 8.42 Å². The van der Waals surface area contributed by atoms with Gasteiger partial charge in [-0.1, -0.05) is 42.3 Å². The minimum absolute atomic E-state index is 0.284. The summed E-state index contributed by atoms with van der Waals surface area (Å²) < 4.78 is 26.1. The molecule has 1 unspecified atom stereocenters. The van der Waals surface area contributed by atoms with Crippen LogP contribution in [0.2, 0.25) is 10.0 Å². The Hall–Kier alpha value is -1.76. The van der Waals surface area contributed by atoms with E-state index >= 15 is 0 Å². The number of likely N-dealkylation sites (N-methyl/N-ethyl adjacent to an activating group) is 1. The summed E-state index contributed by atoms with van der Waals surface area (Å²) in [6.07, 6.45) is 1.43. The van der Waals surface area contributed by atoms with E-state index in [0.717, 1.165) is 16.1 Å². The number of anilines is 1. The van der Waals surface area contributed by atoms with Gasteiger partial charge in [0.2, 0.25) is 15.9 Å². The molecular formula is C19H22Cl2N2O3S. The fourth-order valence-electron chi connectivity index (χ4n) is 2.83. The van der Waals surface area contributed by atoms with Crippen molar-refractivity contribution in [2.24, 2.45) is 0 Å². The molecule has 0 bridgehead atoms. The first-order chi connectivity index (χ1) is 12.6. The molecule has 0 aliphatic rings. The molecule has 0 saturated heterocycles. The lowest BCUT2D eigenvalue weighted by Crippen LogP contribution is -2.49. The van der Waals surface area contributed by atoms with E-state index in [9.17, 15) is 13.2 Å². The van der Waals surface area contributed by atoms with E-state index in [1.165, 1.54) is 4.90 Å². The van der Waals surface area contributed by atoms with E-state index in [0.29, 0.717) is 28.7 Å². The van der Waals surface area contributed by atoms with Crippen molar-refractivity contribution in [3.05, 3.63) is 64.1 Å². The van der Waals surface area contributed by atoms with Gasteiger partial charge in [0.05, 0.1) is 11.9 Å². The molecule has 1 atom stereocenters. The topological polar surface area (TPSA) is 57.7 Å². The molecule has 0 fully saturated rings. The number of hydrogen-bond donors (Lipinski definition) is 0. The summed E-state index contributed by atoms with van der Waals surface area (Å²) in [4.78, 5) is 14.6. The molecule has 0 spiro atoms. The maximum atomic E-state index is 13.0. The summed E-state index contributed by atoms with van der Waals surface area (Å²) in [5.74, 6) is -0.284. The molecule has 2 rings (SSSR count). The molecule has 0 N–H and O–H groups in total. The molecule has 2 aromatic rings. The number of benzene rings is 2. The van der Waals surface area contributed by atoms with Crippen molar-refractivity contribution in [3.8, 4) is 0 Å². The Balaban J connectivity index is 2.30. The zero-order chi connectivity index (χ0) is 20.2. The predicted molar refractivity (Wildman–Crippen MR) is 111 cm³/mol. The highest BCUT2D eigenvalue weighted by Crippen LogP contribution is 2.25. The minimum Gasteiger partial charge on any atom is -0.340 e. The SMILES string of the molecule is CCC(C(=O)N(C)Cc1ccc(Cl)cc1)N(c1ccc(Cl)cc1)S(C)(=O)=O. The van der Waals surface area contributed by atoms with Crippen LogP contribution in [0.25, 0.3) is 0 Å². The van der Waals surface area contributed by atoms with Gasteiger partial charge in [-0.05, 0) is 48.4 Å². The molecule has 0 aliphatic carbocycles. The first-order valence-electron chi connectivity index (χ1n) is 8.38. The number of hydrogen-bond acceptors (Lipinski definition) is 3. The second-order valence-corrected chi connectivity index (χ2v) is 9.01. The van der Waals surface area contributed by atoms with Gasteiger partial charge in [0, 0.05) is 23.6 Å². The fourth-order valence-corrected chi connectivity index (χ4v) is 4.29. The fraction of sp³-hybridized carbons (Fsp3) is 0.316. The Morgan fingerprint density at radius 3 is 1.93 bits per heavy atom. The molecule has 146 valence electrons. The van der Waals surface area contributed by atoms with Crippen LogP contribution in [0.3, 0.4) is 0 Å². The van der Waals surface area contributed by atoms with E-state index in [4.69, 9.17) is 23.2 Å². The van der Waals surface area contributed by atoms with Gasteiger partial charge in [0.15, 0.2) is 0 Å². The Bertz CT molecular complexity index is 884. The van der Waals surface area contributed by atoms with Gasteiger partial charge in [0.25, 0.3) is 0 Å². The smallest absolute Gasteiger partial charge is 0.246 e. The Morgan fingerprint density at radius 1 is 1.00 bits per heavy atom. The average molecular weight is 429 g/mol. The van der Waals surface area contributed by atoms with Gasteiger partial charge in [-0.2, -0.15) is 0 Å². The lowest BCUT2D eigenvalue weighted by atomic mass is 10.1. The van der Waals surface area contributed by atoms with Crippen LogP contribution in [0, 0.1) is 0 Å². The largest absolute Gasteiger partial charge is 0.340 e. The molecule has 0 saturated carbocycles. The highest BCUT2D eigenvalue weighted by Gasteiger charge is 2.33. The van der Waals surface area contributed by atoms with Crippen LogP contribution in [0.15, 0.2) is 48.5 Å². The minimum atomic E-state index is -3.67. The highest BCUT2D eigenvalue weighted by atomic mass is 35.5. The Morgan fingerprint density at radius 2 is 1.48 bits per heavy atom. The summed E-state index contributed by atoms with van der Waals surface area (Å²) in [6, 6.07) is 12.7. The zero-order valence-electron chi connectivity index (χ0n) is 15.4. The Kier molecular flexibility index (Phi) is 7.14. The van der Waals surface area contributed by atoms with E-state index in [1.54, 1.807) is 50.4 Å². The number of carbonyl (C=O) groups is 1. The molecule has 8 heteroatoms. The molecule has 0 aliphatic heterocycles. The number of nitrogens with zero attached hydrogens (tertiary/aromatic N) is 2. The number of carbonyl (C=O) groups excluding carboxylic acids is 1. The van der Waals surface area contributed by atoms with Gasteiger partial charge < -0.3 is 4.90 Å². The lowest BCUT2D eigenvalue weighted by Gasteiger charge is -2.33. The summed E-state index contributed by atoms with van der Waals surface area (Å²) in [6.45, 7) is 2.14. The first-order valence-corrected chi connectivity index (χ1v) is 11.0. The maximum absolute atomic E-state index is 13.0. The van der Waals surface area contributed by atoms with E-state index < -0.39 is 16.1 Å². The third-order valence-corrected chi connectivity index (χ3v) is 5.79. The van der Waals surface area contributed by atoms with Crippen molar-refractivity contribution in [3.63, 3.8) is 0 Å². The van der Waals surface area contributed by atoms with Crippen LogP contribution in [0.5, 0.6) is 0 Å². The summed E-state index contributed by atoms with van der Waals surface area (Å²) >= 11 is 11.8. The number of rotatable bonds is 7. The van der Waals surface area contributed by atoms with E-state index in [1.807, 2.05) is 12.1 Å². The standard InChI is InChI=1S/C19H22Cl2N2O3S/c1-4-18(19(24)22(2)13-14-5-7-15(20)8-6-14)23(27(3,25)26)17-11-9-16(21)10-12-17/h5-12,18H,4,13H2,1-3H3. The van der Waals surface area contributed by atoms with Crippen molar-refractivity contribution in [1.82, 2.24) is 4.90 Å². The summed E-state index contributed by atoms with van der Waals surface area (Å²) in [5.41, 5.74) is 1.31. The van der Waals surface area contributed by atoms with Crippen molar-refractivity contribution in [2.45, 2.75) is 25.9 Å². The van der Waals surface area contributed by atoms with E-state index in [-0.39, 0.29) is 5.91 Å². The molecular weight excluding hydrogens is 407 g/mol. The van der Waals surface area contributed by atoms with Gasteiger partial charge >= 0.3 is 0 Å². The quantitative estimate of drug-likeness (QED) is 0.663. The molecule has 27 heavy (non-hydrogen) atoms. The number of sulfonamides is 1. The van der Waals surface area contributed by atoms with Crippen LogP contribution in [0.4, 0.5) is 5.69 Å². The van der Waals surface area contributed by atoms with Crippen LogP contribution >= 0.6 is 23.2 Å². The van der Waals surface area contributed by atoms with Gasteiger partial charge in [-0.15, -0.1) is 0 Å². The third kappa shape index (κ3) is 5.61. The zero-order valence-corrected chi connectivity index (χ0v) is 17.7. The van der Waals surface area contributed by atoms with Crippen LogP contribution in [-0.4, -0.2) is 38.6 Å². The van der Waals surface area contributed by atoms with Crippen LogP contribution in [-0.2, 0) is 21.4 Å². The number of amides is 1. The molecule has 2 aromatic carbocycles. The summed E-state index contributed by atoms with van der Waals surface area (Å²) in [5, 5.41) is 1.11. The second kappa shape index (κ2) is 8.95. The van der Waals surface area contributed by atoms with Crippen molar-refractivity contribution in [2.75, 3.05) is 17.6 Å². The van der Waals surface area contributed by atoms with Crippen LogP contribution in [0.1, 0.15) is 18.9 Å². The molecule has 5 nitrogen and oxygen atoms in total. The molecule has 0 aromatic heterocycles. The van der Waals surface area contributed by atoms with Crippen molar-refractivity contribution in [1.29, 1.82) is 0 Å². The lowest BCUT2D eigenvalue weighted by molar-refractivity contribution is -0.131. The number of halogens is 2. The Labute approximate surface area is 170 Å². The molecule has 0 heterocycles. The third-order valence-electron chi connectivity index (χ3n) is 4.10. The normalized spacial score (nSPS) is 12.5. The van der Waals surface area contributed by atoms with Gasteiger partial charge in [0.1, 0.15) is 6.04 Å². The van der Waals surface area contributed by atoms with Crippen LogP contribution < -0.4 is 4.31 Å². The first kappa shape index (κ1) is 21.5. The maximum Gasteiger partial charge on any atom is 0.246 e. The second-order valence-electron chi connectivity index (χ2n) is 6.28. The highest BCUT2D eigenvalue weighted by molar-refractivity contribution is 7.92. The predicted octanol–water partition coefficient (Wildman–Crippen LogP) is 4.20. The summed E-state index contributed by atoms with van der Waals surface area (Å²) in [7, 11) is -2.02. The molecule has 0 radical (unpaired) electrons.